The molecule has 2 aromatic carbocycles. The molecule has 0 aliphatic rings. The number of halogens is 1. The Kier molecular flexibility index (Phi) is 6.80. The Labute approximate surface area is 171 Å². The topological polar surface area (TPSA) is 69.2 Å². The predicted octanol–water partition coefficient (Wildman–Crippen LogP) is 4.25. The van der Waals surface area contributed by atoms with Gasteiger partial charge in [0.1, 0.15) is 23.1 Å². The van der Waals surface area contributed by atoms with Gasteiger partial charge in [-0.25, -0.2) is 9.82 Å². The fraction of sp³-hybridized carbons (Fsp3) is 0.143. The first-order valence-corrected chi connectivity index (χ1v) is 9.49. The maximum Gasteiger partial charge on any atom is 0.285 e. The molecule has 1 heterocycles. The summed E-state index contributed by atoms with van der Waals surface area (Å²) in [4.78, 5) is 12.8. The maximum atomic E-state index is 13.0. The van der Waals surface area contributed by atoms with Crippen LogP contribution in [-0.2, 0) is 6.61 Å². The third kappa shape index (κ3) is 5.32. The minimum absolute atomic E-state index is 0.228. The van der Waals surface area contributed by atoms with Crippen LogP contribution in [0.1, 0.15) is 20.8 Å². The van der Waals surface area contributed by atoms with Crippen LogP contribution in [0.2, 0.25) is 0 Å². The van der Waals surface area contributed by atoms with Gasteiger partial charge in [-0.2, -0.15) is 5.10 Å². The average molecular weight is 414 g/mol. The van der Waals surface area contributed by atoms with E-state index in [1.165, 1.54) is 29.7 Å². The highest BCUT2D eigenvalue weighted by atomic mass is 32.1. The van der Waals surface area contributed by atoms with Gasteiger partial charge >= 0.3 is 0 Å². The number of ether oxygens (including phenoxy) is 3. The number of hydrogen-bond acceptors (Lipinski definition) is 6. The lowest BCUT2D eigenvalue weighted by Crippen LogP contribution is -2.17. The van der Waals surface area contributed by atoms with Crippen molar-refractivity contribution in [1.29, 1.82) is 0 Å². The Bertz CT molecular complexity index is 1000. The Morgan fingerprint density at radius 1 is 1.07 bits per heavy atom. The Morgan fingerprint density at radius 3 is 2.55 bits per heavy atom. The van der Waals surface area contributed by atoms with Crippen LogP contribution in [0.4, 0.5) is 4.39 Å². The lowest BCUT2D eigenvalue weighted by Gasteiger charge is -2.08. The molecule has 150 valence electrons. The molecule has 0 fully saturated rings. The van der Waals surface area contributed by atoms with Gasteiger partial charge in [-0.05, 0) is 52.9 Å². The van der Waals surface area contributed by atoms with Crippen molar-refractivity contribution in [3.8, 4) is 17.2 Å². The van der Waals surface area contributed by atoms with E-state index in [2.05, 4.69) is 10.5 Å². The molecular weight excluding hydrogens is 395 g/mol. The molecule has 0 saturated carbocycles. The van der Waals surface area contributed by atoms with Crippen LogP contribution >= 0.6 is 11.3 Å². The highest BCUT2D eigenvalue weighted by Gasteiger charge is 2.14. The van der Waals surface area contributed by atoms with Crippen molar-refractivity contribution in [2.75, 3.05) is 14.2 Å². The van der Waals surface area contributed by atoms with Crippen LogP contribution in [0.5, 0.6) is 17.2 Å². The van der Waals surface area contributed by atoms with Crippen molar-refractivity contribution in [2.24, 2.45) is 5.10 Å². The van der Waals surface area contributed by atoms with E-state index in [0.717, 1.165) is 11.1 Å². The van der Waals surface area contributed by atoms with E-state index in [1.807, 2.05) is 0 Å². The summed E-state index contributed by atoms with van der Waals surface area (Å²) in [6.07, 6.45) is 1.51. The number of methoxy groups -OCH3 is 2. The fourth-order valence-corrected chi connectivity index (χ4v) is 3.19. The summed E-state index contributed by atoms with van der Waals surface area (Å²) in [5.41, 5.74) is 4.02. The van der Waals surface area contributed by atoms with Crippen LogP contribution in [-0.4, -0.2) is 26.3 Å². The van der Waals surface area contributed by atoms with Gasteiger partial charge in [0.15, 0.2) is 11.5 Å². The van der Waals surface area contributed by atoms with Gasteiger partial charge in [-0.1, -0.05) is 12.1 Å². The van der Waals surface area contributed by atoms with E-state index >= 15 is 0 Å². The van der Waals surface area contributed by atoms with Crippen molar-refractivity contribution in [3.05, 3.63) is 75.7 Å². The number of nitrogens with zero attached hydrogens (tertiary/aromatic N) is 1. The molecule has 0 aliphatic heterocycles. The van der Waals surface area contributed by atoms with E-state index in [4.69, 9.17) is 14.2 Å². The van der Waals surface area contributed by atoms with Crippen molar-refractivity contribution < 1.29 is 23.4 Å². The third-order valence-electron chi connectivity index (χ3n) is 3.93. The minimum Gasteiger partial charge on any atom is -0.493 e. The first kappa shape index (κ1) is 20.3. The Morgan fingerprint density at radius 2 is 1.83 bits per heavy atom. The molecule has 3 rings (SSSR count). The van der Waals surface area contributed by atoms with Crippen LogP contribution in [0.3, 0.4) is 0 Å². The zero-order valence-electron chi connectivity index (χ0n) is 15.8. The molecule has 0 bridgehead atoms. The second-order valence-electron chi connectivity index (χ2n) is 5.84. The number of hydrazone groups is 1. The van der Waals surface area contributed by atoms with Gasteiger partial charge < -0.3 is 14.2 Å². The summed E-state index contributed by atoms with van der Waals surface area (Å²) in [7, 11) is 3.10. The second kappa shape index (κ2) is 9.70. The first-order valence-electron chi connectivity index (χ1n) is 8.61. The normalized spacial score (nSPS) is 10.7. The molecule has 6 nitrogen and oxygen atoms in total. The number of carbonyl (C=O) groups is 1. The van der Waals surface area contributed by atoms with Gasteiger partial charge in [0.05, 0.1) is 20.4 Å². The van der Waals surface area contributed by atoms with Gasteiger partial charge in [-0.15, -0.1) is 11.3 Å². The molecule has 0 spiro atoms. The number of amides is 1. The average Bonchev–Trinajstić information content (AvgIpc) is 3.22. The summed E-state index contributed by atoms with van der Waals surface area (Å²) in [5.74, 6) is 0.924. The SMILES string of the molecule is COc1ccc(/C=N\NC(=O)c2sccc2OCc2ccc(F)cc2)cc1OC. The monoisotopic (exact) mass is 414 g/mol. The van der Waals surface area contributed by atoms with Crippen LogP contribution in [0, 0.1) is 5.82 Å². The molecular formula is C21H19FN2O4S. The predicted molar refractivity (Wildman–Crippen MR) is 110 cm³/mol. The van der Waals surface area contributed by atoms with E-state index in [1.54, 1.807) is 56.0 Å². The number of rotatable bonds is 8. The lowest BCUT2D eigenvalue weighted by atomic mass is 10.2. The van der Waals surface area contributed by atoms with Gasteiger partial charge in [0, 0.05) is 0 Å². The van der Waals surface area contributed by atoms with Crippen molar-refractivity contribution in [3.63, 3.8) is 0 Å². The second-order valence-corrected chi connectivity index (χ2v) is 6.76. The van der Waals surface area contributed by atoms with E-state index in [0.29, 0.717) is 22.1 Å². The van der Waals surface area contributed by atoms with Crippen molar-refractivity contribution in [1.82, 2.24) is 5.43 Å². The van der Waals surface area contributed by atoms with E-state index in [9.17, 15) is 9.18 Å². The number of benzene rings is 2. The number of hydrogen-bond donors (Lipinski definition) is 1. The molecule has 0 radical (unpaired) electrons. The molecule has 1 aromatic heterocycles. The van der Waals surface area contributed by atoms with Crippen molar-refractivity contribution >= 4 is 23.5 Å². The highest BCUT2D eigenvalue weighted by molar-refractivity contribution is 7.12. The zero-order chi connectivity index (χ0) is 20.6. The quantitative estimate of drug-likeness (QED) is 0.442. The fourth-order valence-electron chi connectivity index (χ4n) is 2.47. The molecule has 8 heteroatoms. The van der Waals surface area contributed by atoms with Gasteiger partial charge in [-0.3, -0.25) is 4.79 Å². The Balaban J connectivity index is 1.61. The van der Waals surface area contributed by atoms with Crippen molar-refractivity contribution in [2.45, 2.75) is 6.61 Å². The molecule has 0 saturated heterocycles. The number of thiophene rings is 1. The Hall–Kier alpha value is -3.39. The maximum absolute atomic E-state index is 13.0. The van der Waals surface area contributed by atoms with Gasteiger partial charge in [0.2, 0.25) is 0 Å². The molecule has 1 N–H and O–H groups in total. The van der Waals surface area contributed by atoms with Gasteiger partial charge in [0.25, 0.3) is 5.91 Å². The summed E-state index contributed by atoms with van der Waals surface area (Å²) in [6.45, 7) is 0.228. The minimum atomic E-state index is -0.383. The van der Waals surface area contributed by atoms with E-state index < -0.39 is 0 Å². The zero-order valence-corrected chi connectivity index (χ0v) is 16.7. The number of nitrogens with one attached hydrogen (secondary N) is 1. The summed E-state index contributed by atoms with van der Waals surface area (Å²) in [5, 5.41) is 5.74. The molecule has 1 amide bonds. The van der Waals surface area contributed by atoms with Crippen LogP contribution in [0.15, 0.2) is 59.0 Å². The molecule has 29 heavy (non-hydrogen) atoms. The first-order chi connectivity index (χ1) is 14.1. The third-order valence-corrected chi connectivity index (χ3v) is 4.82. The van der Waals surface area contributed by atoms with Crippen LogP contribution in [0.25, 0.3) is 0 Å². The largest absolute Gasteiger partial charge is 0.493 e. The molecule has 0 aliphatic carbocycles. The highest BCUT2D eigenvalue weighted by Crippen LogP contribution is 2.27. The molecule has 0 unspecified atom stereocenters. The lowest BCUT2D eigenvalue weighted by molar-refractivity contribution is 0.0955. The van der Waals surface area contributed by atoms with Crippen LogP contribution < -0.4 is 19.6 Å². The standard InChI is InChI=1S/C21H19FN2O4S/c1-26-17-8-5-15(11-19(17)27-2)12-23-24-21(25)20-18(9-10-29-20)28-13-14-3-6-16(22)7-4-14/h3-12H,13H2,1-2H3,(H,24,25)/b23-12-. The number of carbonyl (C=O) groups excluding carboxylic acids is 1. The molecule has 3 aromatic rings. The van der Waals surface area contributed by atoms with E-state index in [-0.39, 0.29) is 18.3 Å². The summed E-state index contributed by atoms with van der Waals surface area (Å²) < 4.78 is 29.1. The molecule has 0 atom stereocenters. The smallest absolute Gasteiger partial charge is 0.285 e. The summed E-state index contributed by atoms with van der Waals surface area (Å²) >= 11 is 1.25. The summed E-state index contributed by atoms with van der Waals surface area (Å²) in [6, 6.07) is 13.0.